The lowest BCUT2D eigenvalue weighted by molar-refractivity contribution is -0.158. The van der Waals surface area contributed by atoms with Crippen molar-refractivity contribution in [1.29, 1.82) is 0 Å². The van der Waals surface area contributed by atoms with E-state index in [1.165, 1.54) is 12.1 Å². The van der Waals surface area contributed by atoms with Crippen molar-refractivity contribution in [3.63, 3.8) is 0 Å². The topological polar surface area (TPSA) is 46.5 Å². The number of aromatic carboxylic acids is 1. The Labute approximate surface area is 168 Å². The van der Waals surface area contributed by atoms with Crippen molar-refractivity contribution >= 4 is 5.97 Å². The number of carboxylic acids is 1. The zero-order valence-corrected chi connectivity index (χ0v) is 16.9. The molecular formula is C22H26F4O3. The molecule has 1 aromatic rings. The van der Waals surface area contributed by atoms with Gasteiger partial charge < -0.3 is 9.84 Å². The molecule has 1 unspecified atom stereocenters. The quantitative estimate of drug-likeness (QED) is 0.330. The highest BCUT2D eigenvalue weighted by atomic mass is 19.3. The molecule has 1 atom stereocenters. The Morgan fingerprint density at radius 2 is 1.79 bits per heavy atom. The van der Waals surface area contributed by atoms with E-state index in [0.29, 0.717) is 6.42 Å². The van der Waals surface area contributed by atoms with Crippen LogP contribution in [-0.2, 0) is 0 Å². The number of halogens is 4. The van der Waals surface area contributed by atoms with Gasteiger partial charge in [0.05, 0.1) is 0 Å². The molecule has 7 heteroatoms. The number of allylic oxidation sites excluding steroid dienone is 5. The Kier molecular flexibility index (Phi) is 9.14. The molecule has 0 amide bonds. The Morgan fingerprint density at radius 1 is 1.17 bits per heavy atom. The van der Waals surface area contributed by atoms with Gasteiger partial charge in [-0.2, -0.15) is 8.78 Å². The number of rotatable bonds is 10. The van der Waals surface area contributed by atoms with Gasteiger partial charge in [0.2, 0.25) is 5.83 Å². The molecule has 0 aliphatic carbocycles. The van der Waals surface area contributed by atoms with E-state index in [1.807, 2.05) is 19.9 Å². The summed E-state index contributed by atoms with van der Waals surface area (Å²) in [5.41, 5.74) is 0.686. The summed E-state index contributed by atoms with van der Waals surface area (Å²) >= 11 is 0. The predicted octanol–water partition coefficient (Wildman–Crippen LogP) is 7.02. The first-order valence-electron chi connectivity index (χ1n) is 9.14. The lowest BCUT2D eigenvalue weighted by atomic mass is 10.0. The fourth-order valence-corrected chi connectivity index (χ4v) is 2.45. The maximum absolute atomic E-state index is 14.3. The van der Waals surface area contributed by atoms with Crippen LogP contribution < -0.4 is 4.74 Å². The van der Waals surface area contributed by atoms with Gasteiger partial charge in [0.15, 0.2) is 0 Å². The minimum Gasteiger partial charge on any atom is -0.478 e. The number of benzene rings is 1. The van der Waals surface area contributed by atoms with E-state index in [4.69, 9.17) is 5.11 Å². The lowest BCUT2D eigenvalue weighted by Crippen LogP contribution is -2.28. The van der Waals surface area contributed by atoms with Crippen molar-refractivity contribution in [1.82, 2.24) is 0 Å². The van der Waals surface area contributed by atoms with Gasteiger partial charge in [-0.25, -0.2) is 13.6 Å². The average molecular weight is 414 g/mol. The molecule has 0 bridgehead atoms. The van der Waals surface area contributed by atoms with E-state index < -0.39 is 41.0 Å². The normalized spacial score (nSPS) is 14.1. The summed E-state index contributed by atoms with van der Waals surface area (Å²) in [6, 6.07) is 4.61. The summed E-state index contributed by atoms with van der Waals surface area (Å²) in [7, 11) is 0. The maximum atomic E-state index is 14.3. The molecule has 0 aliphatic heterocycles. The molecule has 29 heavy (non-hydrogen) atoms. The number of hydrogen-bond acceptors (Lipinski definition) is 2. The standard InChI is InChI=1S/C22H26F4O3/c1-14(2)8-7-9-15(3)12-13-18(23)16(4)20(24)22(25,26)29-19-11-6-5-10-17(19)21(27)28/h5-6,8,10-12,18H,7,9,13H2,1-4H3,(H,27,28)/b15-12+,20-16+. The van der Waals surface area contributed by atoms with Crippen molar-refractivity contribution in [2.45, 2.75) is 59.2 Å². The van der Waals surface area contributed by atoms with Crippen LogP contribution in [0.1, 0.15) is 57.3 Å². The second-order valence-corrected chi connectivity index (χ2v) is 6.99. The first-order valence-corrected chi connectivity index (χ1v) is 9.14. The largest absolute Gasteiger partial charge is 0.478 e. The van der Waals surface area contributed by atoms with Gasteiger partial charge in [-0.05, 0) is 52.7 Å². The maximum Gasteiger partial charge on any atom is 0.454 e. The minimum absolute atomic E-state index is 0.248. The zero-order valence-electron chi connectivity index (χ0n) is 16.9. The molecular weight excluding hydrogens is 388 g/mol. The monoisotopic (exact) mass is 414 g/mol. The summed E-state index contributed by atoms with van der Waals surface area (Å²) in [6.45, 7) is 6.64. The second kappa shape index (κ2) is 10.8. The lowest BCUT2D eigenvalue weighted by Gasteiger charge is -2.20. The summed E-state index contributed by atoms with van der Waals surface area (Å²) in [5.74, 6) is -4.28. The number of para-hydroxylation sites is 1. The third-order valence-electron chi connectivity index (χ3n) is 4.19. The van der Waals surface area contributed by atoms with E-state index in [9.17, 15) is 22.4 Å². The molecule has 1 aromatic carbocycles. The van der Waals surface area contributed by atoms with Gasteiger partial charge in [-0.1, -0.05) is 35.4 Å². The molecule has 0 aromatic heterocycles. The summed E-state index contributed by atoms with van der Waals surface area (Å²) in [5, 5.41) is 9.01. The predicted molar refractivity (Wildman–Crippen MR) is 105 cm³/mol. The molecule has 0 fully saturated rings. The molecule has 0 saturated heterocycles. The van der Waals surface area contributed by atoms with E-state index in [-0.39, 0.29) is 6.42 Å². The van der Waals surface area contributed by atoms with Crippen molar-refractivity contribution in [3.05, 3.63) is 64.5 Å². The van der Waals surface area contributed by atoms with Crippen LogP contribution in [0.3, 0.4) is 0 Å². The second-order valence-electron chi connectivity index (χ2n) is 6.99. The Hall–Kier alpha value is -2.57. The number of carboxylic acid groups (broad SMARTS) is 1. The average Bonchev–Trinajstić information content (AvgIpc) is 2.64. The molecule has 0 saturated carbocycles. The smallest absolute Gasteiger partial charge is 0.454 e. The van der Waals surface area contributed by atoms with Gasteiger partial charge in [-0.15, -0.1) is 0 Å². The molecule has 0 heterocycles. The van der Waals surface area contributed by atoms with Gasteiger partial charge >= 0.3 is 12.1 Å². The van der Waals surface area contributed by atoms with E-state index in [1.54, 1.807) is 13.0 Å². The first kappa shape index (κ1) is 24.5. The van der Waals surface area contributed by atoms with Crippen LogP contribution in [0.5, 0.6) is 5.75 Å². The SMILES string of the molecule is CC(C)=CCC/C(C)=C/CC(F)/C(C)=C(/F)C(F)(F)Oc1ccccc1C(=O)O. The number of alkyl halides is 3. The van der Waals surface area contributed by atoms with Crippen molar-refractivity contribution in [2.24, 2.45) is 0 Å². The molecule has 1 rings (SSSR count). The molecule has 160 valence electrons. The van der Waals surface area contributed by atoms with Gasteiger partial charge in [0.1, 0.15) is 17.5 Å². The Balaban J connectivity index is 2.90. The molecule has 1 N–H and O–H groups in total. The Bertz CT molecular complexity index is 806. The van der Waals surface area contributed by atoms with Crippen LogP contribution in [0, 0.1) is 0 Å². The van der Waals surface area contributed by atoms with Crippen molar-refractivity contribution in [2.75, 3.05) is 0 Å². The van der Waals surface area contributed by atoms with Crippen LogP contribution in [0.2, 0.25) is 0 Å². The van der Waals surface area contributed by atoms with Gasteiger partial charge in [0, 0.05) is 12.0 Å². The molecule has 0 radical (unpaired) electrons. The Morgan fingerprint density at radius 3 is 2.38 bits per heavy atom. The zero-order chi connectivity index (χ0) is 22.2. The number of hydrogen-bond donors (Lipinski definition) is 1. The van der Waals surface area contributed by atoms with E-state index in [0.717, 1.165) is 36.6 Å². The minimum atomic E-state index is -4.50. The molecule has 0 spiro atoms. The van der Waals surface area contributed by atoms with Crippen LogP contribution in [0.15, 0.2) is 59.0 Å². The van der Waals surface area contributed by atoms with Gasteiger partial charge in [-0.3, -0.25) is 0 Å². The third-order valence-corrected chi connectivity index (χ3v) is 4.19. The first-order chi connectivity index (χ1) is 13.5. The summed E-state index contributed by atoms with van der Waals surface area (Å²) in [4.78, 5) is 11.1. The highest BCUT2D eigenvalue weighted by molar-refractivity contribution is 5.90. The van der Waals surface area contributed by atoms with Crippen LogP contribution in [-0.4, -0.2) is 23.4 Å². The molecule has 3 nitrogen and oxygen atoms in total. The van der Waals surface area contributed by atoms with Gasteiger partial charge in [0.25, 0.3) is 0 Å². The number of ether oxygens (including phenoxy) is 1. The van der Waals surface area contributed by atoms with E-state index in [2.05, 4.69) is 4.74 Å². The fraction of sp³-hybridized carbons (Fsp3) is 0.409. The van der Waals surface area contributed by atoms with Crippen molar-refractivity contribution in [3.8, 4) is 5.75 Å². The molecule has 0 aliphatic rings. The van der Waals surface area contributed by atoms with Crippen LogP contribution in [0.4, 0.5) is 17.6 Å². The van der Waals surface area contributed by atoms with E-state index >= 15 is 0 Å². The summed E-state index contributed by atoms with van der Waals surface area (Å²) < 4.78 is 61.2. The van der Waals surface area contributed by atoms with Crippen molar-refractivity contribution < 1.29 is 32.2 Å². The summed E-state index contributed by atoms with van der Waals surface area (Å²) in [6.07, 6.45) is -1.66. The highest BCUT2D eigenvalue weighted by Crippen LogP contribution is 2.34. The third kappa shape index (κ3) is 7.75. The highest BCUT2D eigenvalue weighted by Gasteiger charge is 2.42. The van der Waals surface area contributed by atoms with Crippen LogP contribution >= 0.6 is 0 Å². The van der Waals surface area contributed by atoms with Crippen LogP contribution in [0.25, 0.3) is 0 Å². The fourth-order valence-electron chi connectivity index (χ4n) is 2.45. The number of carbonyl (C=O) groups is 1.